The van der Waals surface area contributed by atoms with Crippen molar-refractivity contribution in [2.75, 3.05) is 0 Å². The Morgan fingerprint density at radius 2 is 1.53 bits per heavy atom. The van der Waals surface area contributed by atoms with Gasteiger partial charge in [-0.15, -0.1) is 0 Å². The summed E-state index contributed by atoms with van der Waals surface area (Å²) in [4.78, 5) is 0. The smallest absolute Gasteiger partial charge is 0.0152 e. The summed E-state index contributed by atoms with van der Waals surface area (Å²) in [6, 6.07) is 15.0. The summed E-state index contributed by atoms with van der Waals surface area (Å²) in [5.74, 6) is 0. The standard InChI is InChI=1S/C17H18/c1-4-8-15-11-12-17(14(3)13(15)2)16-9-6-5-7-10-16/h4-12H,1-3H3. The Bertz CT molecular complexity index is 533. The van der Waals surface area contributed by atoms with Gasteiger partial charge in [0.05, 0.1) is 0 Å². The molecule has 0 atom stereocenters. The monoisotopic (exact) mass is 222 g/mol. The van der Waals surface area contributed by atoms with Crippen LogP contribution in [0.3, 0.4) is 0 Å². The average Bonchev–Trinajstić information content (AvgIpc) is 2.36. The van der Waals surface area contributed by atoms with Gasteiger partial charge in [0.15, 0.2) is 0 Å². The van der Waals surface area contributed by atoms with Crippen molar-refractivity contribution in [2.24, 2.45) is 0 Å². The topological polar surface area (TPSA) is 0 Å². The maximum atomic E-state index is 2.22. The zero-order valence-electron chi connectivity index (χ0n) is 10.7. The summed E-state index contributed by atoms with van der Waals surface area (Å²) in [6.07, 6.45) is 4.25. The van der Waals surface area contributed by atoms with Gasteiger partial charge in [0.25, 0.3) is 0 Å². The van der Waals surface area contributed by atoms with Gasteiger partial charge in [-0.05, 0) is 48.6 Å². The van der Waals surface area contributed by atoms with E-state index in [9.17, 15) is 0 Å². The van der Waals surface area contributed by atoms with Crippen molar-refractivity contribution in [1.29, 1.82) is 0 Å². The van der Waals surface area contributed by atoms with E-state index in [0.717, 1.165) is 0 Å². The maximum absolute atomic E-state index is 2.22. The summed E-state index contributed by atoms with van der Waals surface area (Å²) in [5, 5.41) is 0. The molecule has 2 rings (SSSR count). The van der Waals surface area contributed by atoms with Crippen LogP contribution in [0, 0.1) is 13.8 Å². The van der Waals surface area contributed by atoms with E-state index in [1.54, 1.807) is 0 Å². The normalized spacial score (nSPS) is 11.0. The van der Waals surface area contributed by atoms with E-state index in [1.165, 1.54) is 27.8 Å². The maximum Gasteiger partial charge on any atom is -0.0152 e. The molecule has 86 valence electrons. The van der Waals surface area contributed by atoms with Crippen molar-refractivity contribution in [3.8, 4) is 11.1 Å². The van der Waals surface area contributed by atoms with E-state index in [0.29, 0.717) is 0 Å². The Morgan fingerprint density at radius 3 is 2.18 bits per heavy atom. The lowest BCUT2D eigenvalue weighted by Crippen LogP contribution is -1.90. The van der Waals surface area contributed by atoms with Gasteiger partial charge in [-0.25, -0.2) is 0 Å². The second kappa shape index (κ2) is 5.01. The number of allylic oxidation sites excluding steroid dienone is 1. The average molecular weight is 222 g/mol. The quantitative estimate of drug-likeness (QED) is 0.670. The first-order valence-electron chi connectivity index (χ1n) is 6.02. The molecule has 0 fully saturated rings. The van der Waals surface area contributed by atoms with Crippen molar-refractivity contribution in [2.45, 2.75) is 20.8 Å². The minimum atomic E-state index is 1.29. The summed E-state index contributed by atoms with van der Waals surface area (Å²) >= 11 is 0. The molecule has 0 nitrogen and oxygen atoms in total. The lowest BCUT2D eigenvalue weighted by Gasteiger charge is -2.11. The highest BCUT2D eigenvalue weighted by Gasteiger charge is 2.05. The van der Waals surface area contributed by atoms with E-state index in [1.807, 2.05) is 0 Å². The van der Waals surface area contributed by atoms with E-state index < -0.39 is 0 Å². The van der Waals surface area contributed by atoms with E-state index in [-0.39, 0.29) is 0 Å². The first-order valence-corrected chi connectivity index (χ1v) is 6.02. The van der Waals surface area contributed by atoms with Gasteiger partial charge in [0.2, 0.25) is 0 Å². The van der Waals surface area contributed by atoms with Crippen LogP contribution in [0.4, 0.5) is 0 Å². The predicted molar refractivity (Wildman–Crippen MR) is 76.1 cm³/mol. The molecule has 0 N–H and O–H groups in total. The minimum absolute atomic E-state index is 1.29. The van der Waals surface area contributed by atoms with Crippen LogP contribution in [0.5, 0.6) is 0 Å². The number of hydrogen-bond acceptors (Lipinski definition) is 0. The fourth-order valence-corrected chi connectivity index (χ4v) is 2.13. The first-order chi connectivity index (χ1) is 8.24. The second-order valence-electron chi connectivity index (χ2n) is 4.32. The molecule has 0 radical (unpaired) electrons. The highest BCUT2D eigenvalue weighted by Crippen LogP contribution is 2.27. The Kier molecular flexibility index (Phi) is 3.43. The van der Waals surface area contributed by atoms with E-state index in [2.05, 4.69) is 75.4 Å². The highest BCUT2D eigenvalue weighted by atomic mass is 14.1. The van der Waals surface area contributed by atoms with Gasteiger partial charge < -0.3 is 0 Å². The fourth-order valence-electron chi connectivity index (χ4n) is 2.13. The molecule has 0 aliphatic rings. The van der Waals surface area contributed by atoms with Crippen LogP contribution in [0.25, 0.3) is 17.2 Å². The largest absolute Gasteiger partial charge is 0.0871 e. The molecule has 0 bridgehead atoms. The molecule has 0 aromatic heterocycles. The molecule has 0 heteroatoms. The molecule has 0 spiro atoms. The number of rotatable bonds is 2. The highest BCUT2D eigenvalue weighted by molar-refractivity contribution is 5.71. The Labute approximate surface area is 104 Å². The van der Waals surface area contributed by atoms with Crippen molar-refractivity contribution in [3.05, 3.63) is 65.2 Å². The Morgan fingerprint density at radius 1 is 0.824 bits per heavy atom. The van der Waals surface area contributed by atoms with Crippen molar-refractivity contribution in [3.63, 3.8) is 0 Å². The van der Waals surface area contributed by atoms with Crippen LogP contribution < -0.4 is 0 Å². The Balaban J connectivity index is 2.55. The third kappa shape index (κ3) is 2.31. The van der Waals surface area contributed by atoms with Crippen molar-refractivity contribution < 1.29 is 0 Å². The van der Waals surface area contributed by atoms with E-state index >= 15 is 0 Å². The molecule has 17 heavy (non-hydrogen) atoms. The summed E-state index contributed by atoms with van der Waals surface area (Å²) < 4.78 is 0. The molecule has 0 aliphatic carbocycles. The molecule has 0 amide bonds. The van der Waals surface area contributed by atoms with Crippen LogP contribution in [-0.4, -0.2) is 0 Å². The zero-order chi connectivity index (χ0) is 12.3. The van der Waals surface area contributed by atoms with Gasteiger partial charge in [-0.1, -0.05) is 54.6 Å². The number of hydrogen-bond donors (Lipinski definition) is 0. The first kappa shape index (κ1) is 11.7. The molecule has 0 heterocycles. The molecule has 2 aromatic carbocycles. The van der Waals surface area contributed by atoms with Crippen molar-refractivity contribution in [1.82, 2.24) is 0 Å². The van der Waals surface area contributed by atoms with E-state index in [4.69, 9.17) is 0 Å². The van der Waals surface area contributed by atoms with Gasteiger partial charge in [-0.2, -0.15) is 0 Å². The third-order valence-corrected chi connectivity index (χ3v) is 3.26. The molecule has 0 saturated heterocycles. The van der Waals surface area contributed by atoms with Crippen LogP contribution in [0.1, 0.15) is 23.6 Å². The predicted octanol–water partition coefficient (Wildman–Crippen LogP) is 5.00. The minimum Gasteiger partial charge on any atom is -0.0871 e. The molecule has 0 unspecified atom stereocenters. The molecule has 0 aliphatic heterocycles. The molecular formula is C17H18. The zero-order valence-corrected chi connectivity index (χ0v) is 10.7. The number of benzene rings is 2. The summed E-state index contributed by atoms with van der Waals surface area (Å²) in [6.45, 7) is 6.45. The van der Waals surface area contributed by atoms with Crippen LogP contribution in [0.15, 0.2) is 48.5 Å². The Hall–Kier alpha value is -1.82. The van der Waals surface area contributed by atoms with Gasteiger partial charge in [0, 0.05) is 0 Å². The lowest BCUT2D eigenvalue weighted by atomic mass is 9.93. The lowest BCUT2D eigenvalue weighted by molar-refractivity contribution is 1.32. The van der Waals surface area contributed by atoms with Gasteiger partial charge in [0.1, 0.15) is 0 Å². The van der Waals surface area contributed by atoms with Gasteiger partial charge >= 0.3 is 0 Å². The van der Waals surface area contributed by atoms with Crippen molar-refractivity contribution >= 4 is 6.08 Å². The SMILES string of the molecule is CC=Cc1ccc(-c2ccccc2)c(C)c1C. The van der Waals surface area contributed by atoms with Crippen LogP contribution in [0.2, 0.25) is 0 Å². The summed E-state index contributed by atoms with van der Waals surface area (Å²) in [7, 11) is 0. The third-order valence-electron chi connectivity index (χ3n) is 3.26. The summed E-state index contributed by atoms with van der Waals surface area (Å²) in [5.41, 5.74) is 6.66. The molecule has 2 aromatic rings. The second-order valence-corrected chi connectivity index (χ2v) is 4.32. The molecule has 0 saturated carbocycles. The fraction of sp³-hybridized carbons (Fsp3) is 0.176. The molecular weight excluding hydrogens is 204 g/mol. The van der Waals surface area contributed by atoms with Crippen LogP contribution >= 0.6 is 0 Å². The van der Waals surface area contributed by atoms with Gasteiger partial charge in [-0.3, -0.25) is 0 Å². The van der Waals surface area contributed by atoms with Crippen LogP contribution in [-0.2, 0) is 0 Å².